The minimum atomic E-state index is -0.643. The van der Waals surface area contributed by atoms with Crippen molar-refractivity contribution in [2.45, 2.75) is 51.7 Å². The van der Waals surface area contributed by atoms with Crippen molar-refractivity contribution in [3.8, 4) is 0 Å². The summed E-state index contributed by atoms with van der Waals surface area (Å²) < 4.78 is 5.43. The molecule has 8 nitrogen and oxygen atoms in total. The van der Waals surface area contributed by atoms with Gasteiger partial charge in [0.15, 0.2) is 0 Å². The van der Waals surface area contributed by atoms with Gasteiger partial charge in [0.25, 0.3) is 5.91 Å². The van der Waals surface area contributed by atoms with E-state index in [1.54, 1.807) is 0 Å². The molecule has 30 heavy (non-hydrogen) atoms. The number of benzene rings is 1. The first-order chi connectivity index (χ1) is 14.5. The Kier molecular flexibility index (Phi) is 7.46. The molecule has 3 rings (SSSR count). The van der Waals surface area contributed by atoms with Crippen molar-refractivity contribution in [3.63, 3.8) is 0 Å². The average molecular weight is 415 g/mol. The van der Waals surface area contributed by atoms with Gasteiger partial charge >= 0.3 is 6.03 Å². The van der Waals surface area contributed by atoms with Gasteiger partial charge in [0.05, 0.1) is 6.10 Å². The van der Waals surface area contributed by atoms with Crippen molar-refractivity contribution in [1.82, 2.24) is 20.5 Å². The maximum Gasteiger partial charge on any atom is 0.324 e. The number of hydrogen-bond donors (Lipinski definition) is 3. The molecule has 1 aliphatic heterocycles. The number of aromatic nitrogens is 1. The lowest BCUT2D eigenvalue weighted by Gasteiger charge is -2.13. The molecule has 162 valence electrons. The number of nitrogens with one attached hydrogen (secondary N) is 3. The van der Waals surface area contributed by atoms with Gasteiger partial charge in [-0.15, -0.1) is 0 Å². The Morgan fingerprint density at radius 2 is 2.07 bits per heavy atom. The van der Waals surface area contributed by atoms with Gasteiger partial charge in [0, 0.05) is 43.2 Å². The third-order valence-electron chi connectivity index (χ3n) is 5.14. The Balaban J connectivity index is 1.41. The molecule has 1 aliphatic rings. The predicted molar refractivity (Wildman–Crippen MR) is 114 cm³/mol. The number of aromatic amines is 1. The fourth-order valence-electron chi connectivity index (χ4n) is 3.54. The summed E-state index contributed by atoms with van der Waals surface area (Å²) in [6, 6.07) is 6.90. The standard InChI is InChI=1S/C22H30N4O4/c1-15(2)30-13-5-11-23-20(27)9-8-19-21(28)26(22(29)25-19)12-10-16-14-24-18-7-4-3-6-17(16)18/h3-4,6-7,14-15,19,24H,5,8-13H2,1-2H3,(H,23,27)(H,25,29)/t19-/m1/s1. The number of carbonyl (C=O) groups excluding carboxylic acids is 3. The van der Waals surface area contributed by atoms with Crippen LogP contribution in [0.1, 0.15) is 38.7 Å². The van der Waals surface area contributed by atoms with Crippen molar-refractivity contribution in [1.29, 1.82) is 0 Å². The van der Waals surface area contributed by atoms with E-state index >= 15 is 0 Å². The van der Waals surface area contributed by atoms with Gasteiger partial charge < -0.3 is 20.4 Å². The first kappa shape index (κ1) is 21.8. The van der Waals surface area contributed by atoms with E-state index in [9.17, 15) is 14.4 Å². The van der Waals surface area contributed by atoms with E-state index in [0.717, 1.165) is 22.9 Å². The lowest BCUT2D eigenvalue weighted by atomic mass is 10.1. The van der Waals surface area contributed by atoms with Crippen LogP contribution in [0, 0.1) is 0 Å². The Labute approximate surface area is 176 Å². The van der Waals surface area contributed by atoms with Crippen LogP contribution in [0.2, 0.25) is 0 Å². The second-order valence-electron chi connectivity index (χ2n) is 7.76. The Morgan fingerprint density at radius 3 is 2.87 bits per heavy atom. The molecule has 3 N–H and O–H groups in total. The van der Waals surface area contributed by atoms with Crippen LogP contribution < -0.4 is 10.6 Å². The normalized spacial score (nSPS) is 16.5. The summed E-state index contributed by atoms with van der Waals surface area (Å²) in [4.78, 5) is 41.3. The summed E-state index contributed by atoms with van der Waals surface area (Å²) in [6.45, 7) is 5.38. The van der Waals surface area contributed by atoms with Crippen molar-refractivity contribution in [2.24, 2.45) is 0 Å². The molecular weight excluding hydrogens is 384 g/mol. The van der Waals surface area contributed by atoms with Gasteiger partial charge in [0.2, 0.25) is 5.91 Å². The average Bonchev–Trinajstić information content (AvgIpc) is 3.25. The molecule has 0 aliphatic carbocycles. The summed E-state index contributed by atoms with van der Waals surface area (Å²) >= 11 is 0. The molecular formula is C22H30N4O4. The molecule has 0 spiro atoms. The third-order valence-corrected chi connectivity index (χ3v) is 5.14. The third kappa shape index (κ3) is 5.60. The van der Waals surface area contributed by atoms with Gasteiger partial charge in [0.1, 0.15) is 6.04 Å². The highest BCUT2D eigenvalue weighted by Crippen LogP contribution is 2.19. The predicted octanol–water partition coefficient (Wildman–Crippen LogP) is 2.34. The number of imide groups is 1. The fraction of sp³-hybridized carbons (Fsp3) is 0.500. The maximum absolute atomic E-state index is 12.6. The second-order valence-corrected chi connectivity index (χ2v) is 7.76. The Morgan fingerprint density at radius 1 is 1.27 bits per heavy atom. The van der Waals surface area contributed by atoms with Crippen LogP contribution in [0.25, 0.3) is 10.9 Å². The molecule has 0 radical (unpaired) electrons. The van der Waals surface area contributed by atoms with Gasteiger partial charge in [-0.2, -0.15) is 0 Å². The molecule has 1 saturated heterocycles. The number of H-pyrrole nitrogens is 1. The molecule has 0 unspecified atom stereocenters. The van der Waals surface area contributed by atoms with Crippen molar-refractivity contribution in [2.75, 3.05) is 19.7 Å². The molecule has 1 aromatic carbocycles. The molecule has 2 heterocycles. The van der Waals surface area contributed by atoms with Crippen LogP contribution in [-0.2, 0) is 20.7 Å². The summed E-state index contributed by atoms with van der Waals surface area (Å²) in [5.41, 5.74) is 2.10. The van der Waals surface area contributed by atoms with Crippen LogP contribution >= 0.6 is 0 Å². The number of nitrogens with zero attached hydrogens (tertiary/aromatic N) is 1. The second kappa shape index (κ2) is 10.2. The molecule has 2 aromatic rings. The van der Waals surface area contributed by atoms with Gasteiger partial charge in [-0.05, 0) is 44.7 Å². The topological polar surface area (TPSA) is 104 Å². The molecule has 4 amide bonds. The van der Waals surface area contributed by atoms with Crippen LogP contribution in [0.5, 0.6) is 0 Å². The minimum absolute atomic E-state index is 0.126. The van der Waals surface area contributed by atoms with E-state index in [2.05, 4.69) is 15.6 Å². The van der Waals surface area contributed by atoms with Crippen molar-refractivity contribution in [3.05, 3.63) is 36.0 Å². The van der Waals surface area contributed by atoms with Crippen LogP contribution in [0.15, 0.2) is 30.5 Å². The zero-order valence-electron chi connectivity index (χ0n) is 17.6. The number of amides is 4. The summed E-state index contributed by atoms with van der Waals surface area (Å²) in [7, 11) is 0. The van der Waals surface area contributed by atoms with Gasteiger partial charge in [-0.3, -0.25) is 14.5 Å². The first-order valence-electron chi connectivity index (χ1n) is 10.5. The summed E-state index contributed by atoms with van der Waals surface area (Å²) in [6.07, 6.45) is 3.90. The number of carbonyl (C=O) groups is 3. The number of fused-ring (bicyclic) bond motifs is 1. The zero-order valence-corrected chi connectivity index (χ0v) is 17.6. The van der Waals surface area contributed by atoms with E-state index in [1.165, 1.54) is 4.90 Å². The van der Waals surface area contributed by atoms with Gasteiger partial charge in [-0.25, -0.2) is 4.79 Å². The molecule has 8 heteroatoms. The monoisotopic (exact) mass is 414 g/mol. The van der Waals surface area contributed by atoms with Crippen LogP contribution in [-0.4, -0.2) is 59.6 Å². The highest BCUT2D eigenvalue weighted by molar-refractivity contribution is 6.04. The fourth-order valence-corrected chi connectivity index (χ4v) is 3.54. The lowest BCUT2D eigenvalue weighted by molar-refractivity contribution is -0.127. The van der Waals surface area contributed by atoms with Crippen LogP contribution in [0.4, 0.5) is 4.79 Å². The quantitative estimate of drug-likeness (QED) is 0.388. The number of para-hydroxylation sites is 1. The number of urea groups is 1. The lowest BCUT2D eigenvalue weighted by Crippen LogP contribution is -2.34. The minimum Gasteiger partial charge on any atom is -0.379 e. The van der Waals surface area contributed by atoms with E-state index in [4.69, 9.17) is 4.74 Å². The SMILES string of the molecule is CC(C)OCCCNC(=O)CC[C@H]1NC(=O)N(CCc2c[nH]c3ccccc23)C1=O. The largest absolute Gasteiger partial charge is 0.379 e. The van der Waals surface area contributed by atoms with E-state index in [1.807, 2.05) is 44.3 Å². The zero-order chi connectivity index (χ0) is 21.5. The number of hydrogen-bond acceptors (Lipinski definition) is 4. The highest BCUT2D eigenvalue weighted by Gasteiger charge is 2.37. The number of ether oxygens (including phenoxy) is 1. The highest BCUT2D eigenvalue weighted by atomic mass is 16.5. The molecule has 0 bridgehead atoms. The molecule has 1 fully saturated rings. The van der Waals surface area contributed by atoms with Crippen LogP contribution in [0.3, 0.4) is 0 Å². The van der Waals surface area contributed by atoms with E-state index < -0.39 is 12.1 Å². The molecule has 0 saturated carbocycles. The van der Waals surface area contributed by atoms with Crippen molar-refractivity contribution >= 4 is 28.7 Å². The maximum atomic E-state index is 12.6. The molecule has 1 atom stereocenters. The van der Waals surface area contributed by atoms with Crippen molar-refractivity contribution < 1.29 is 19.1 Å². The summed E-state index contributed by atoms with van der Waals surface area (Å²) in [5.74, 6) is -0.392. The van der Waals surface area contributed by atoms with E-state index in [0.29, 0.717) is 32.5 Å². The summed E-state index contributed by atoms with van der Waals surface area (Å²) in [5, 5.41) is 6.61. The van der Waals surface area contributed by atoms with Gasteiger partial charge in [-0.1, -0.05) is 18.2 Å². The number of rotatable bonds is 11. The Bertz CT molecular complexity index is 892. The van der Waals surface area contributed by atoms with E-state index in [-0.39, 0.29) is 24.3 Å². The first-order valence-corrected chi connectivity index (χ1v) is 10.5. The Hall–Kier alpha value is -2.87. The smallest absolute Gasteiger partial charge is 0.324 e. The molecule has 1 aromatic heterocycles.